The minimum atomic E-state index is -0.0737. The summed E-state index contributed by atoms with van der Waals surface area (Å²) in [5, 5.41) is 0. The average molecular weight is 434 g/mol. The van der Waals surface area contributed by atoms with E-state index in [1.165, 1.54) is 0 Å². The highest BCUT2D eigenvalue weighted by Gasteiger charge is 2.25. The molecule has 3 aliphatic rings. The van der Waals surface area contributed by atoms with Crippen LogP contribution in [0.5, 0.6) is 11.5 Å². The Morgan fingerprint density at radius 3 is 2.38 bits per heavy atom. The standard InChI is InChI=1S/C26H31N3O3/c1-27(2)21-12-14-28(15-13-21)23-10-9-22-7-5-6-19(17-26(30)29(22)18-23)20-8-11-24(31-3)25(16-20)32-4/h5-11,16-18,21H,12-15H2,1-4H3/b6-5+,19-17+,22-7+. The molecule has 1 aromatic carbocycles. The first-order valence-corrected chi connectivity index (χ1v) is 11.0. The SMILES string of the molecule is COc1ccc(C2=C\C(=O)N3C=C(N4CCC(N(C)C)CC4)C=C\C3=C/C=C/2)cc1OC. The Kier molecular flexibility index (Phi) is 6.51. The maximum atomic E-state index is 13.2. The quantitative estimate of drug-likeness (QED) is 0.707. The Labute approximate surface area is 190 Å². The number of benzene rings is 1. The molecule has 32 heavy (non-hydrogen) atoms. The van der Waals surface area contributed by atoms with Crippen molar-refractivity contribution in [3.63, 3.8) is 0 Å². The van der Waals surface area contributed by atoms with E-state index >= 15 is 0 Å². The fraction of sp³-hybridized carbons (Fsp3) is 0.346. The minimum Gasteiger partial charge on any atom is -0.493 e. The van der Waals surface area contributed by atoms with Crippen LogP contribution < -0.4 is 9.47 Å². The van der Waals surface area contributed by atoms with Crippen LogP contribution in [-0.2, 0) is 4.79 Å². The van der Waals surface area contributed by atoms with Crippen molar-refractivity contribution in [2.24, 2.45) is 0 Å². The zero-order valence-corrected chi connectivity index (χ0v) is 19.2. The summed E-state index contributed by atoms with van der Waals surface area (Å²) in [6.07, 6.45) is 15.9. The van der Waals surface area contributed by atoms with Gasteiger partial charge in [0.2, 0.25) is 0 Å². The van der Waals surface area contributed by atoms with Crippen LogP contribution in [-0.4, -0.2) is 68.1 Å². The summed E-state index contributed by atoms with van der Waals surface area (Å²) in [6, 6.07) is 6.30. The molecule has 6 heteroatoms. The molecule has 1 saturated heterocycles. The van der Waals surface area contributed by atoms with Gasteiger partial charge in [0.1, 0.15) is 0 Å². The summed E-state index contributed by atoms with van der Waals surface area (Å²) in [4.78, 5) is 19.7. The van der Waals surface area contributed by atoms with Gasteiger partial charge in [-0.1, -0.05) is 18.2 Å². The molecule has 3 aliphatic heterocycles. The van der Waals surface area contributed by atoms with Crippen molar-refractivity contribution in [1.82, 2.24) is 14.7 Å². The number of piperidine rings is 1. The Bertz CT molecular complexity index is 1020. The smallest absolute Gasteiger partial charge is 0.255 e. The number of carbonyl (C=O) groups excluding carboxylic acids is 1. The molecule has 0 radical (unpaired) electrons. The molecule has 1 amide bonds. The van der Waals surface area contributed by atoms with E-state index in [2.05, 4.69) is 30.0 Å². The lowest BCUT2D eigenvalue weighted by Crippen LogP contribution is -2.42. The van der Waals surface area contributed by atoms with Crippen molar-refractivity contribution in [3.05, 3.63) is 77.8 Å². The summed E-state index contributed by atoms with van der Waals surface area (Å²) in [7, 11) is 7.51. The van der Waals surface area contributed by atoms with Crippen LogP contribution in [0.15, 0.2) is 72.2 Å². The summed E-state index contributed by atoms with van der Waals surface area (Å²) < 4.78 is 10.8. The highest BCUT2D eigenvalue weighted by Crippen LogP contribution is 2.32. The molecule has 1 fully saturated rings. The molecular formula is C26H31N3O3. The summed E-state index contributed by atoms with van der Waals surface area (Å²) in [6.45, 7) is 1.99. The van der Waals surface area contributed by atoms with E-state index in [1.807, 2.05) is 48.7 Å². The van der Waals surface area contributed by atoms with E-state index in [-0.39, 0.29) is 5.91 Å². The van der Waals surface area contributed by atoms with E-state index in [0.717, 1.165) is 48.5 Å². The normalized spacial score (nSPS) is 23.4. The average Bonchev–Trinajstić information content (AvgIpc) is 2.81. The Morgan fingerprint density at radius 1 is 0.969 bits per heavy atom. The molecule has 6 nitrogen and oxygen atoms in total. The van der Waals surface area contributed by atoms with Gasteiger partial charge in [-0.25, -0.2) is 0 Å². The van der Waals surface area contributed by atoms with E-state index in [4.69, 9.17) is 9.47 Å². The summed E-state index contributed by atoms with van der Waals surface area (Å²) in [5.41, 5.74) is 3.66. The topological polar surface area (TPSA) is 45.2 Å². The second kappa shape index (κ2) is 9.49. The second-order valence-corrected chi connectivity index (χ2v) is 8.40. The molecule has 0 bridgehead atoms. The molecular weight excluding hydrogens is 402 g/mol. The Balaban J connectivity index is 1.58. The van der Waals surface area contributed by atoms with Gasteiger partial charge in [-0.2, -0.15) is 0 Å². The lowest BCUT2D eigenvalue weighted by atomic mass is 10.0. The molecule has 0 saturated carbocycles. The van der Waals surface area contributed by atoms with Gasteiger partial charge < -0.3 is 19.3 Å². The number of carbonyl (C=O) groups is 1. The zero-order valence-electron chi connectivity index (χ0n) is 19.2. The van der Waals surface area contributed by atoms with E-state index in [9.17, 15) is 4.79 Å². The van der Waals surface area contributed by atoms with Gasteiger partial charge in [0.05, 0.1) is 19.9 Å². The number of ether oxygens (including phenoxy) is 2. The van der Waals surface area contributed by atoms with Gasteiger partial charge in [-0.05, 0) is 68.4 Å². The Morgan fingerprint density at radius 2 is 1.69 bits per heavy atom. The number of amides is 1. The fourth-order valence-electron chi connectivity index (χ4n) is 4.35. The minimum absolute atomic E-state index is 0.0737. The Hall–Kier alpha value is -3.25. The molecule has 0 spiro atoms. The number of likely N-dealkylation sites (tertiary alicyclic amines) is 1. The molecule has 0 unspecified atom stereocenters. The third kappa shape index (κ3) is 4.50. The van der Waals surface area contributed by atoms with Crippen LogP contribution in [0.2, 0.25) is 0 Å². The molecule has 4 rings (SSSR count). The zero-order chi connectivity index (χ0) is 22.7. The molecule has 1 aromatic rings. The predicted molar refractivity (Wildman–Crippen MR) is 127 cm³/mol. The van der Waals surface area contributed by atoms with Crippen LogP contribution in [0.3, 0.4) is 0 Å². The first-order valence-electron chi connectivity index (χ1n) is 11.0. The van der Waals surface area contributed by atoms with Crippen LogP contribution in [0.25, 0.3) is 5.57 Å². The van der Waals surface area contributed by atoms with Gasteiger partial charge in [-0.3, -0.25) is 9.69 Å². The van der Waals surface area contributed by atoms with Gasteiger partial charge in [-0.15, -0.1) is 0 Å². The lowest BCUT2D eigenvalue weighted by molar-refractivity contribution is -0.122. The second-order valence-electron chi connectivity index (χ2n) is 8.40. The highest BCUT2D eigenvalue weighted by molar-refractivity contribution is 6.00. The lowest BCUT2D eigenvalue weighted by Gasteiger charge is -2.38. The van der Waals surface area contributed by atoms with Crippen molar-refractivity contribution >= 4 is 11.5 Å². The monoisotopic (exact) mass is 433 g/mol. The van der Waals surface area contributed by atoms with Gasteiger partial charge >= 0.3 is 0 Å². The van der Waals surface area contributed by atoms with Gasteiger partial charge in [0.25, 0.3) is 5.91 Å². The highest BCUT2D eigenvalue weighted by atomic mass is 16.5. The summed E-state index contributed by atoms with van der Waals surface area (Å²) >= 11 is 0. The molecule has 0 N–H and O–H groups in total. The molecule has 3 heterocycles. The summed E-state index contributed by atoms with van der Waals surface area (Å²) in [5.74, 6) is 1.22. The number of hydrogen-bond acceptors (Lipinski definition) is 5. The van der Waals surface area contributed by atoms with Crippen LogP contribution in [0, 0.1) is 0 Å². The maximum Gasteiger partial charge on any atom is 0.255 e. The number of allylic oxidation sites excluding steroid dienone is 6. The number of hydrogen-bond donors (Lipinski definition) is 0. The fourth-order valence-corrected chi connectivity index (χ4v) is 4.35. The van der Waals surface area contributed by atoms with Crippen LogP contribution >= 0.6 is 0 Å². The van der Waals surface area contributed by atoms with Crippen molar-refractivity contribution < 1.29 is 14.3 Å². The van der Waals surface area contributed by atoms with Crippen molar-refractivity contribution in [1.29, 1.82) is 0 Å². The van der Waals surface area contributed by atoms with E-state index in [1.54, 1.807) is 25.2 Å². The van der Waals surface area contributed by atoms with Crippen molar-refractivity contribution in [3.8, 4) is 11.5 Å². The third-order valence-electron chi connectivity index (χ3n) is 6.30. The molecule has 0 atom stereocenters. The van der Waals surface area contributed by atoms with Crippen molar-refractivity contribution in [2.45, 2.75) is 18.9 Å². The van der Waals surface area contributed by atoms with Crippen molar-refractivity contribution in [2.75, 3.05) is 41.4 Å². The first kappa shape index (κ1) is 22.0. The number of rotatable bonds is 5. The third-order valence-corrected chi connectivity index (χ3v) is 6.30. The van der Waals surface area contributed by atoms with Gasteiger partial charge in [0.15, 0.2) is 11.5 Å². The number of fused-ring (bicyclic) bond motifs is 1. The maximum absolute atomic E-state index is 13.2. The van der Waals surface area contributed by atoms with Gasteiger partial charge in [0, 0.05) is 37.1 Å². The predicted octanol–water partition coefficient (Wildman–Crippen LogP) is 3.81. The molecule has 0 aromatic heterocycles. The largest absolute Gasteiger partial charge is 0.493 e. The van der Waals surface area contributed by atoms with Crippen LogP contribution in [0.1, 0.15) is 18.4 Å². The molecule has 168 valence electrons. The number of nitrogens with zero attached hydrogens (tertiary/aromatic N) is 3. The first-order chi connectivity index (χ1) is 15.5. The van der Waals surface area contributed by atoms with E-state index < -0.39 is 0 Å². The number of methoxy groups -OCH3 is 2. The van der Waals surface area contributed by atoms with Crippen LogP contribution in [0.4, 0.5) is 0 Å². The molecule has 0 aliphatic carbocycles. The van der Waals surface area contributed by atoms with E-state index in [0.29, 0.717) is 17.5 Å².